The number of amides is 1. The number of hydrogen-bond acceptors (Lipinski definition) is 7. The van der Waals surface area contributed by atoms with Gasteiger partial charge < -0.3 is 14.3 Å². The van der Waals surface area contributed by atoms with Crippen molar-refractivity contribution in [3.8, 4) is 22.8 Å². The number of nitrogens with one attached hydrogen (secondary N) is 1. The number of nitrogens with zero attached hydrogens (tertiary/aromatic N) is 2. The average molecular weight is 427 g/mol. The Labute approximate surface area is 176 Å². The topological polar surface area (TPSA) is 82.0 Å². The van der Waals surface area contributed by atoms with Gasteiger partial charge in [0, 0.05) is 29.0 Å². The Morgan fingerprint density at radius 2 is 2.10 bits per heavy atom. The van der Waals surface area contributed by atoms with Crippen LogP contribution in [0, 0.1) is 5.82 Å². The molecule has 1 atom stereocenters. The number of ether oxygens (including phenoxy) is 2. The fourth-order valence-corrected chi connectivity index (χ4v) is 3.72. The summed E-state index contributed by atoms with van der Waals surface area (Å²) in [4.78, 5) is 22.3. The maximum absolute atomic E-state index is 13.4. The van der Waals surface area contributed by atoms with Crippen molar-refractivity contribution in [3.63, 3.8) is 0 Å². The highest BCUT2D eigenvalue weighted by atomic mass is 32.1. The molecule has 4 rings (SSSR count). The molecule has 2 aromatic carbocycles. The van der Waals surface area contributed by atoms with E-state index in [9.17, 15) is 9.18 Å². The monoisotopic (exact) mass is 427 g/mol. The fourth-order valence-electron chi connectivity index (χ4n) is 3.01. The Morgan fingerprint density at radius 3 is 2.87 bits per heavy atom. The molecule has 0 fully saturated rings. The second-order valence-corrected chi connectivity index (χ2v) is 7.30. The van der Waals surface area contributed by atoms with E-state index >= 15 is 0 Å². The highest BCUT2D eigenvalue weighted by Crippen LogP contribution is 2.35. The Hall–Kier alpha value is -3.46. The summed E-state index contributed by atoms with van der Waals surface area (Å²) in [5, 5.41) is 8.92. The van der Waals surface area contributed by atoms with Crippen molar-refractivity contribution in [2.75, 3.05) is 19.5 Å². The van der Waals surface area contributed by atoms with E-state index in [0.29, 0.717) is 33.6 Å². The summed E-state index contributed by atoms with van der Waals surface area (Å²) in [5.41, 5.74) is 2.56. The van der Waals surface area contributed by atoms with Gasteiger partial charge in [-0.2, -0.15) is 0 Å². The first-order valence-corrected chi connectivity index (χ1v) is 9.92. The number of thiazole rings is 1. The molecule has 1 aromatic heterocycles. The number of carbonyl (C=O) groups is 1. The van der Waals surface area contributed by atoms with Crippen LogP contribution in [-0.2, 0) is 9.63 Å². The van der Waals surface area contributed by atoms with Crippen LogP contribution in [0.4, 0.5) is 9.52 Å². The number of methoxy groups -OCH3 is 2. The minimum atomic E-state index is -0.800. The van der Waals surface area contributed by atoms with Crippen LogP contribution in [0.3, 0.4) is 0 Å². The molecular weight excluding hydrogens is 409 g/mol. The van der Waals surface area contributed by atoms with Crippen molar-refractivity contribution >= 4 is 28.1 Å². The molecule has 1 aliphatic heterocycles. The van der Waals surface area contributed by atoms with E-state index in [0.717, 1.165) is 5.56 Å². The predicted molar refractivity (Wildman–Crippen MR) is 112 cm³/mol. The minimum Gasteiger partial charge on any atom is -0.497 e. The highest BCUT2D eigenvalue weighted by molar-refractivity contribution is 7.14. The van der Waals surface area contributed by atoms with Crippen LogP contribution < -0.4 is 14.8 Å². The summed E-state index contributed by atoms with van der Waals surface area (Å²) in [6.07, 6.45) is -0.550. The van der Waals surface area contributed by atoms with Crippen molar-refractivity contribution in [1.82, 2.24) is 4.98 Å². The Kier molecular flexibility index (Phi) is 5.62. The van der Waals surface area contributed by atoms with Crippen molar-refractivity contribution in [3.05, 3.63) is 59.2 Å². The summed E-state index contributed by atoms with van der Waals surface area (Å²) in [6, 6.07) is 11.4. The molecule has 0 spiro atoms. The van der Waals surface area contributed by atoms with Gasteiger partial charge in [0.1, 0.15) is 17.3 Å². The summed E-state index contributed by atoms with van der Waals surface area (Å²) >= 11 is 1.29. The van der Waals surface area contributed by atoms with E-state index in [2.05, 4.69) is 15.5 Å². The number of hydrogen-bond donors (Lipinski definition) is 1. The van der Waals surface area contributed by atoms with Crippen molar-refractivity contribution in [1.29, 1.82) is 0 Å². The second-order valence-electron chi connectivity index (χ2n) is 6.44. The average Bonchev–Trinajstić information content (AvgIpc) is 3.43. The van der Waals surface area contributed by atoms with Gasteiger partial charge in [0.2, 0.25) is 6.10 Å². The lowest BCUT2D eigenvalue weighted by molar-refractivity contribution is -0.125. The van der Waals surface area contributed by atoms with Crippen LogP contribution in [0.2, 0.25) is 0 Å². The first kappa shape index (κ1) is 19.8. The highest BCUT2D eigenvalue weighted by Gasteiger charge is 2.29. The predicted octanol–water partition coefficient (Wildman–Crippen LogP) is 4.10. The SMILES string of the molecule is COc1ccc(-c2csc(NC(=O)C3CC(c4cccc(F)c4)=NO3)n2)c(OC)c1. The van der Waals surface area contributed by atoms with E-state index in [1.807, 2.05) is 17.5 Å². The smallest absolute Gasteiger partial charge is 0.270 e. The fraction of sp³-hybridized carbons (Fsp3) is 0.190. The van der Waals surface area contributed by atoms with Gasteiger partial charge in [-0.15, -0.1) is 11.3 Å². The summed E-state index contributed by atoms with van der Waals surface area (Å²) in [6.45, 7) is 0. The molecule has 2 heterocycles. The lowest BCUT2D eigenvalue weighted by Gasteiger charge is -2.09. The number of anilines is 1. The van der Waals surface area contributed by atoms with E-state index < -0.39 is 6.10 Å². The van der Waals surface area contributed by atoms with Gasteiger partial charge in [-0.25, -0.2) is 9.37 Å². The van der Waals surface area contributed by atoms with Crippen molar-refractivity contribution < 1.29 is 23.5 Å². The summed E-state index contributed by atoms with van der Waals surface area (Å²) in [7, 11) is 3.15. The Bertz CT molecular complexity index is 1120. The summed E-state index contributed by atoms with van der Waals surface area (Å²) < 4.78 is 24.0. The Balaban J connectivity index is 1.43. The molecule has 0 saturated carbocycles. The number of oxime groups is 1. The largest absolute Gasteiger partial charge is 0.497 e. The van der Waals surface area contributed by atoms with Gasteiger partial charge >= 0.3 is 0 Å². The molecule has 3 aromatic rings. The lowest BCUT2D eigenvalue weighted by Crippen LogP contribution is -2.28. The first-order valence-electron chi connectivity index (χ1n) is 9.05. The minimum absolute atomic E-state index is 0.250. The first-order chi connectivity index (χ1) is 14.6. The van der Waals surface area contributed by atoms with E-state index in [-0.39, 0.29) is 18.1 Å². The van der Waals surface area contributed by atoms with Gasteiger partial charge in [0.05, 0.1) is 25.6 Å². The molecule has 1 unspecified atom stereocenters. The zero-order valence-corrected chi connectivity index (χ0v) is 17.0. The third-order valence-corrected chi connectivity index (χ3v) is 5.30. The molecule has 1 aliphatic rings. The maximum Gasteiger partial charge on any atom is 0.270 e. The molecule has 7 nitrogen and oxygen atoms in total. The molecular formula is C21H18FN3O4S. The van der Waals surface area contributed by atoms with Gasteiger partial charge in [-0.1, -0.05) is 17.3 Å². The van der Waals surface area contributed by atoms with Crippen LogP contribution in [0.15, 0.2) is 53.0 Å². The van der Waals surface area contributed by atoms with Gasteiger partial charge in [-0.05, 0) is 24.3 Å². The standard InChI is InChI=1S/C21H18FN3O4S/c1-27-14-6-7-15(18(9-14)28-2)17-11-30-21(23-17)24-20(26)19-10-16(25-29-19)12-4-3-5-13(22)8-12/h3-9,11,19H,10H2,1-2H3,(H,23,24,26). The third-order valence-electron chi connectivity index (χ3n) is 4.54. The number of carbonyl (C=O) groups excluding carboxylic acids is 1. The number of aromatic nitrogens is 1. The maximum atomic E-state index is 13.4. The van der Waals surface area contributed by atoms with Crippen molar-refractivity contribution in [2.24, 2.45) is 5.16 Å². The van der Waals surface area contributed by atoms with Crippen LogP contribution in [-0.4, -0.2) is 36.9 Å². The molecule has 0 radical (unpaired) electrons. The molecule has 30 heavy (non-hydrogen) atoms. The molecule has 1 amide bonds. The Morgan fingerprint density at radius 1 is 1.23 bits per heavy atom. The van der Waals surface area contributed by atoms with Gasteiger partial charge in [0.15, 0.2) is 5.13 Å². The molecule has 0 saturated heterocycles. The molecule has 0 bridgehead atoms. The number of halogens is 1. The second kappa shape index (κ2) is 8.50. The lowest BCUT2D eigenvalue weighted by atomic mass is 10.0. The molecule has 0 aliphatic carbocycles. The number of benzene rings is 2. The quantitative estimate of drug-likeness (QED) is 0.641. The number of rotatable bonds is 6. The van der Waals surface area contributed by atoms with Gasteiger partial charge in [0.25, 0.3) is 5.91 Å². The van der Waals surface area contributed by atoms with Crippen LogP contribution in [0.1, 0.15) is 12.0 Å². The summed E-state index contributed by atoms with van der Waals surface area (Å²) in [5.74, 6) is 0.553. The van der Waals surface area contributed by atoms with Crippen molar-refractivity contribution in [2.45, 2.75) is 12.5 Å². The molecule has 9 heteroatoms. The van der Waals surface area contributed by atoms with Crippen LogP contribution in [0.5, 0.6) is 11.5 Å². The van der Waals surface area contributed by atoms with E-state index in [4.69, 9.17) is 14.3 Å². The normalized spacial score (nSPS) is 15.3. The van der Waals surface area contributed by atoms with Crippen LogP contribution in [0.25, 0.3) is 11.3 Å². The van der Waals surface area contributed by atoms with E-state index in [1.165, 1.54) is 23.5 Å². The van der Waals surface area contributed by atoms with Gasteiger partial charge in [-0.3, -0.25) is 10.1 Å². The zero-order valence-electron chi connectivity index (χ0n) is 16.2. The molecule has 1 N–H and O–H groups in total. The third kappa shape index (κ3) is 4.11. The van der Waals surface area contributed by atoms with E-state index in [1.54, 1.807) is 32.4 Å². The zero-order chi connectivity index (χ0) is 21.1. The van der Waals surface area contributed by atoms with Crippen LogP contribution >= 0.6 is 11.3 Å². The molecule has 154 valence electrons.